The molecule has 2 amide bonds. The van der Waals surface area contributed by atoms with E-state index >= 15 is 0 Å². The highest BCUT2D eigenvalue weighted by Crippen LogP contribution is 2.26. The lowest BCUT2D eigenvalue weighted by atomic mass is 9.82. The fourth-order valence-corrected chi connectivity index (χ4v) is 1.96. The normalized spacial score (nSPS) is 25.7. The van der Waals surface area contributed by atoms with E-state index in [-0.39, 0.29) is 6.03 Å². The molecule has 0 aromatic carbocycles. The van der Waals surface area contributed by atoms with E-state index in [4.69, 9.17) is 0 Å². The number of amides is 2. The molecule has 0 radical (unpaired) electrons. The van der Waals surface area contributed by atoms with E-state index in [0.29, 0.717) is 12.6 Å². The van der Waals surface area contributed by atoms with E-state index < -0.39 is 5.60 Å². The Balaban J connectivity index is 2.27. The summed E-state index contributed by atoms with van der Waals surface area (Å²) in [5.41, 5.74) is -0.834. The molecule has 4 heteroatoms. The van der Waals surface area contributed by atoms with Gasteiger partial charge in [-0.1, -0.05) is 6.92 Å². The molecule has 4 nitrogen and oxygen atoms in total. The fraction of sp³-hybridized carbons (Fsp3) is 0.909. The van der Waals surface area contributed by atoms with Crippen LogP contribution in [0.3, 0.4) is 0 Å². The second-order valence-corrected chi connectivity index (χ2v) is 5.39. The van der Waals surface area contributed by atoms with E-state index in [1.165, 1.54) is 4.90 Å². The Kier molecular flexibility index (Phi) is 3.60. The minimum atomic E-state index is -0.834. The predicted molar refractivity (Wildman–Crippen MR) is 59.6 cm³/mol. The third-order valence-corrected chi connectivity index (χ3v) is 2.67. The Hall–Kier alpha value is -0.770. The van der Waals surface area contributed by atoms with Gasteiger partial charge in [-0.3, -0.25) is 0 Å². The molecular formula is C11H22N2O2. The van der Waals surface area contributed by atoms with Crippen LogP contribution in [0.5, 0.6) is 0 Å². The van der Waals surface area contributed by atoms with Crippen molar-refractivity contribution in [3.05, 3.63) is 0 Å². The van der Waals surface area contributed by atoms with E-state index in [1.807, 2.05) is 0 Å². The summed E-state index contributed by atoms with van der Waals surface area (Å²) in [7, 11) is 1.70. The van der Waals surface area contributed by atoms with Gasteiger partial charge in [-0.15, -0.1) is 0 Å². The van der Waals surface area contributed by atoms with Crippen molar-refractivity contribution in [2.24, 2.45) is 5.92 Å². The summed E-state index contributed by atoms with van der Waals surface area (Å²) in [4.78, 5) is 13.2. The Morgan fingerprint density at radius 3 is 2.47 bits per heavy atom. The van der Waals surface area contributed by atoms with Gasteiger partial charge in [-0.2, -0.15) is 0 Å². The molecule has 88 valence electrons. The number of nitrogens with one attached hydrogen (secondary N) is 1. The van der Waals surface area contributed by atoms with Crippen molar-refractivity contribution in [2.75, 3.05) is 13.6 Å². The predicted octanol–water partition coefficient (Wildman–Crippen LogP) is 1.20. The number of urea groups is 1. The molecular weight excluding hydrogens is 192 g/mol. The molecule has 0 spiro atoms. The minimum Gasteiger partial charge on any atom is -0.389 e. The molecule has 0 unspecified atom stereocenters. The maximum absolute atomic E-state index is 11.6. The standard InChI is InChI=1S/C11H22N2O2/c1-8-5-9(6-8)12-10(14)13(4)7-11(2,3)15/h8-9,15H,5-7H2,1-4H3,(H,12,14). The third kappa shape index (κ3) is 4.08. The lowest BCUT2D eigenvalue weighted by Crippen LogP contribution is -2.51. The number of aliphatic hydroxyl groups is 1. The summed E-state index contributed by atoms with van der Waals surface area (Å²) in [6, 6.07) is 0.241. The van der Waals surface area contributed by atoms with Crippen LogP contribution in [0.4, 0.5) is 4.79 Å². The zero-order valence-electron chi connectivity index (χ0n) is 10.1. The SMILES string of the molecule is CC1CC(NC(=O)N(C)CC(C)(C)O)C1. The molecule has 0 atom stereocenters. The van der Waals surface area contributed by atoms with Crippen LogP contribution in [0, 0.1) is 5.92 Å². The molecule has 0 saturated heterocycles. The number of hydrogen-bond donors (Lipinski definition) is 2. The molecule has 1 rings (SSSR count). The van der Waals surface area contributed by atoms with Crippen LogP contribution in [-0.2, 0) is 0 Å². The molecule has 0 heterocycles. The van der Waals surface area contributed by atoms with Crippen LogP contribution in [0.25, 0.3) is 0 Å². The zero-order valence-corrected chi connectivity index (χ0v) is 10.1. The Labute approximate surface area is 91.6 Å². The van der Waals surface area contributed by atoms with Crippen LogP contribution in [-0.4, -0.2) is 41.3 Å². The van der Waals surface area contributed by atoms with Crippen LogP contribution in [0.2, 0.25) is 0 Å². The fourth-order valence-electron chi connectivity index (χ4n) is 1.96. The maximum Gasteiger partial charge on any atom is 0.317 e. The first-order valence-electron chi connectivity index (χ1n) is 5.52. The number of carbonyl (C=O) groups is 1. The number of likely N-dealkylation sites (N-methyl/N-ethyl adjacent to an activating group) is 1. The van der Waals surface area contributed by atoms with Crippen molar-refractivity contribution >= 4 is 6.03 Å². The van der Waals surface area contributed by atoms with Gasteiger partial charge < -0.3 is 15.3 Å². The van der Waals surface area contributed by atoms with Gasteiger partial charge in [0, 0.05) is 13.1 Å². The average Bonchev–Trinajstić information content (AvgIpc) is 1.98. The Bertz CT molecular complexity index is 229. The maximum atomic E-state index is 11.6. The summed E-state index contributed by atoms with van der Waals surface area (Å²) in [6.07, 6.45) is 2.14. The summed E-state index contributed by atoms with van der Waals surface area (Å²) in [5.74, 6) is 0.731. The summed E-state index contributed by atoms with van der Waals surface area (Å²) in [6.45, 7) is 5.93. The lowest BCUT2D eigenvalue weighted by molar-refractivity contribution is 0.0518. The topological polar surface area (TPSA) is 52.6 Å². The smallest absolute Gasteiger partial charge is 0.317 e. The van der Waals surface area contributed by atoms with Gasteiger partial charge in [0.15, 0.2) is 0 Å². The first kappa shape index (κ1) is 12.3. The molecule has 1 saturated carbocycles. The van der Waals surface area contributed by atoms with E-state index in [1.54, 1.807) is 20.9 Å². The molecule has 0 aromatic heterocycles. The summed E-state index contributed by atoms with van der Waals surface area (Å²) < 4.78 is 0. The largest absolute Gasteiger partial charge is 0.389 e. The number of rotatable bonds is 3. The highest BCUT2D eigenvalue weighted by molar-refractivity contribution is 5.74. The molecule has 0 bridgehead atoms. The third-order valence-electron chi connectivity index (χ3n) is 2.67. The van der Waals surface area contributed by atoms with Gasteiger partial charge in [0.25, 0.3) is 0 Å². The van der Waals surface area contributed by atoms with Crippen LogP contribution >= 0.6 is 0 Å². The molecule has 0 aromatic rings. The van der Waals surface area contributed by atoms with Gasteiger partial charge in [0.1, 0.15) is 0 Å². The molecule has 1 aliphatic rings. The Morgan fingerprint density at radius 1 is 1.53 bits per heavy atom. The monoisotopic (exact) mass is 214 g/mol. The van der Waals surface area contributed by atoms with Crippen molar-refractivity contribution in [1.29, 1.82) is 0 Å². The van der Waals surface area contributed by atoms with E-state index in [2.05, 4.69) is 12.2 Å². The van der Waals surface area contributed by atoms with E-state index in [0.717, 1.165) is 18.8 Å². The first-order valence-corrected chi connectivity index (χ1v) is 5.52. The summed E-state index contributed by atoms with van der Waals surface area (Å²) in [5, 5.41) is 12.5. The van der Waals surface area contributed by atoms with Crippen molar-refractivity contribution in [2.45, 2.75) is 45.3 Å². The quantitative estimate of drug-likeness (QED) is 0.741. The average molecular weight is 214 g/mol. The number of hydrogen-bond acceptors (Lipinski definition) is 2. The second kappa shape index (κ2) is 4.39. The van der Waals surface area contributed by atoms with Crippen LogP contribution < -0.4 is 5.32 Å². The molecule has 0 aliphatic heterocycles. The molecule has 15 heavy (non-hydrogen) atoms. The summed E-state index contributed by atoms with van der Waals surface area (Å²) >= 11 is 0. The van der Waals surface area contributed by atoms with Gasteiger partial charge >= 0.3 is 6.03 Å². The highest BCUT2D eigenvalue weighted by atomic mass is 16.3. The van der Waals surface area contributed by atoms with Gasteiger partial charge in [-0.25, -0.2) is 4.79 Å². The Morgan fingerprint density at radius 2 is 2.07 bits per heavy atom. The zero-order chi connectivity index (χ0) is 11.6. The van der Waals surface area contributed by atoms with Crippen molar-refractivity contribution in [3.63, 3.8) is 0 Å². The van der Waals surface area contributed by atoms with Gasteiger partial charge in [0.2, 0.25) is 0 Å². The van der Waals surface area contributed by atoms with Crippen molar-refractivity contribution < 1.29 is 9.90 Å². The van der Waals surface area contributed by atoms with Crippen molar-refractivity contribution in [3.8, 4) is 0 Å². The van der Waals surface area contributed by atoms with Crippen molar-refractivity contribution in [1.82, 2.24) is 10.2 Å². The molecule has 1 fully saturated rings. The number of nitrogens with zero attached hydrogens (tertiary/aromatic N) is 1. The second-order valence-electron chi connectivity index (χ2n) is 5.39. The first-order chi connectivity index (χ1) is 6.78. The molecule has 2 N–H and O–H groups in total. The van der Waals surface area contributed by atoms with E-state index in [9.17, 15) is 9.90 Å². The number of carbonyl (C=O) groups excluding carboxylic acids is 1. The van der Waals surface area contributed by atoms with Gasteiger partial charge in [-0.05, 0) is 32.6 Å². The molecule has 1 aliphatic carbocycles. The van der Waals surface area contributed by atoms with Gasteiger partial charge in [0.05, 0.1) is 12.1 Å². The van der Waals surface area contributed by atoms with Crippen LogP contribution in [0.15, 0.2) is 0 Å². The minimum absolute atomic E-state index is 0.0889. The highest BCUT2D eigenvalue weighted by Gasteiger charge is 2.28. The van der Waals surface area contributed by atoms with Crippen LogP contribution in [0.1, 0.15) is 33.6 Å². The lowest BCUT2D eigenvalue weighted by Gasteiger charge is -2.35.